The van der Waals surface area contributed by atoms with Crippen LogP contribution in [0.5, 0.6) is 0 Å². The highest BCUT2D eigenvalue weighted by molar-refractivity contribution is 5.75. The van der Waals surface area contributed by atoms with Gasteiger partial charge in [0.15, 0.2) is 0 Å². The lowest BCUT2D eigenvalue weighted by atomic mass is 9.93. The van der Waals surface area contributed by atoms with E-state index in [0.29, 0.717) is 0 Å². The third-order valence-electron chi connectivity index (χ3n) is 2.75. The molecule has 14 heavy (non-hydrogen) atoms. The van der Waals surface area contributed by atoms with Gasteiger partial charge in [0, 0.05) is 0 Å². The summed E-state index contributed by atoms with van der Waals surface area (Å²) in [4.78, 5) is 0. The Balaban J connectivity index is 2.28. The van der Waals surface area contributed by atoms with Gasteiger partial charge >= 0.3 is 0 Å². The summed E-state index contributed by atoms with van der Waals surface area (Å²) in [5, 5.41) is 0. The van der Waals surface area contributed by atoms with Crippen molar-refractivity contribution in [2.24, 2.45) is 0 Å². The van der Waals surface area contributed by atoms with Crippen LogP contribution in [-0.2, 0) is 0 Å². The van der Waals surface area contributed by atoms with Gasteiger partial charge in [-0.05, 0) is 30.4 Å². The van der Waals surface area contributed by atoms with Crippen LogP contribution in [0.3, 0.4) is 0 Å². The van der Waals surface area contributed by atoms with E-state index in [2.05, 4.69) is 49.4 Å². The van der Waals surface area contributed by atoms with E-state index in [1.165, 1.54) is 30.4 Å². The van der Waals surface area contributed by atoms with Gasteiger partial charge in [-0.25, -0.2) is 0 Å². The maximum Gasteiger partial charge on any atom is -0.0187 e. The van der Waals surface area contributed by atoms with E-state index in [4.69, 9.17) is 0 Å². The molecule has 0 atom stereocenters. The smallest absolute Gasteiger partial charge is 0.0187 e. The summed E-state index contributed by atoms with van der Waals surface area (Å²) in [5.41, 5.74) is 4.32. The minimum atomic E-state index is 1.18. The first-order chi connectivity index (χ1) is 6.90. The minimum absolute atomic E-state index is 1.18. The van der Waals surface area contributed by atoms with Crippen LogP contribution in [-0.4, -0.2) is 0 Å². The second-order valence-corrected chi connectivity index (χ2v) is 3.72. The molecule has 0 nitrogen and oxygen atoms in total. The molecule has 0 heterocycles. The molecule has 0 saturated carbocycles. The second-order valence-electron chi connectivity index (χ2n) is 3.72. The summed E-state index contributed by atoms with van der Waals surface area (Å²) in [5.74, 6) is 0. The van der Waals surface area contributed by atoms with E-state index in [1.807, 2.05) is 0 Å². The average molecular weight is 184 g/mol. The van der Waals surface area contributed by atoms with Crippen LogP contribution in [0.15, 0.2) is 48.1 Å². The van der Waals surface area contributed by atoms with Gasteiger partial charge in [-0.2, -0.15) is 0 Å². The minimum Gasteiger partial charge on any atom is -0.0763 e. The molecule has 1 aliphatic carbocycles. The monoisotopic (exact) mass is 184 g/mol. The molecule has 0 aromatic heterocycles. The van der Waals surface area contributed by atoms with Crippen molar-refractivity contribution in [3.05, 3.63) is 53.6 Å². The van der Waals surface area contributed by atoms with Crippen molar-refractivity contribution in [2.75, 3.05) is 0 Å². The summed E-state index contributed by atoms with van der Waals surface area (Å²) < 4.78 is 0. The number of hydrogen-bond donors (Lipinski definition) is 0. The van der Waals surface area contributed by atoms with Crippen LogP contribution in [0.2, 0.25) is 0 Å². The van der Waals surface area contributed by atoms with E-state index in [1.54, 1.807) is 5.57 Å². The Morgan fingerprint density at radius 2 is 1.93 bits per heavy atom. The van der Waals surface area contributed by atoms with Crippen molar-refractivity contribution >= 4 is 5.57 Å². The van der Waals surface area contributed by atoms with Gasteiger partial charge in [-0.1, -0.05) is 55.0 Å². The van der Waals surface area contributed by atoms with Gasteiger partial charge in [0.2, 0.25) is 0 Å². The van der Waals surface area contributed by atoms with Crippen LogP contribution < -0.4 is 0 Å². The molecule has 0 radical (unpaired) electrons. The third-order valence-corrected chi connectivity index (χ3v) is 2.75. The van der Waals surface area contributed by atoms with Crippen molar-refractivity contribution < 1.29 is 0 Å². The van der Waals surface area contributed by atoms with Crippen LogP contribution in [0.4, 0.5) is 0 Å². The molecular formula is C14H16. The van der Waals surface area contributed by atoms with Crippen LogP contribution in [0.1, 0.15) is 31.7 Å². The Morgan fingerprint density at radius 1 is 1.14 bits per heavy atom. The fraction of sp³-hybridized carbons (Fsp3) is 0.286. The zero-order chi connectivity index (χ0) is 9.80. The predicted octanol–water partition coefficient (Wildman–Crippen LogP) is 4.20. The van der Waals surface area contributed by atoms with Crippen molar-refractivity contribution in [2.45, 2.75) is 26.2 Å². The topological polar surface area (TPSA) is 0 Å². The number of allylic oxidation sites excluding steroid dienone is 4. The van der Waals surface area contributed by atoms with Crippen molar-refractivity contribution in [1.29, 1.82) is 0 Å². The highest BCUT2D eigenvalue weighted by Crippen LogP contribution is 2.26. The predicted molar refractivity (Wildman–Crippen MR) is 62.0 cm³/mol. The maximum atomic E-state index is 2.35. The Morgan fingerprint density at radius 3 is 2.64 bits per heavy atom. The zero-order valence-electron chi connectivity index (χ0n) is 8.66. The molecule has 1 aromatic carbocycles. The first kappa shape index (κ1) is 9.26. The highest BCUT2D eigenvalue weighted by atomic mass is 14.1. The van der Waals surface area contributed by atoms with Gasteiger partial charge in [-0.3, -0.25) is 0 Å². The molecule has 0 saturated heterocycles. The van der Waals surface area contributed by atoms with Gasteiger partial charge in [0.1, 0.15) is 0 Å². The van der Waals surface area contributed by atoms with Crippen molar-refractivity contribution in [1.82, 2.24) is 0 Å². The molecular weight excluding hydrogens is 168 g/mol. The van der Waals surface area contributed by atoms with Gasteiger partial charge < -0.3 is 0 Å². The van der Waals surface area contributed by atoms with Crippen LogP contribution >= 0.6 is 0 Å². The lowest BCUT2D eigenvalue weighted by Crippen LogP contribution is -1.91. The quantitative estimate of drug-likeness (QED) is 0.646. The number of rotatable bonds is 2. The van der Waals surface area contributed by atoms with E-state index in [9.17, 15) is 0 Å². The Labute approximate surface area is 86.0 Å². The Bertz CT molecular complexity index is 355. The van der Waals surface area contributed by atoms with Gasteiger partial charge in [-0.15, -0.1) is 0 Å². The SMILES string of the molecule is CCC1=CC(c2ccccc2)=CCC1. The Kier molecular flexibility index (Phi) is 2.83. The largest absolute Gasteiger partial charge is 0.0763 e. The molecule has 2 rings (SSSR count). The molecule has 0 heteroatoms. The molecule has 1 aromatic rings. The zero-order valence-corrected chi connectivity index (χ0v) is 8.66. The standard InChI is InChI=1S/C14H16/c1-2-12-7-6-10-14(11-12)13-8-4-3-5-9-13/h3-5,8-11H,2,6-7H2,1H3. The second kappa shape index (κ2) is 4.28. The van der Waals surface area contributed by atoms with E-state index >= 15 is 0 Å². The molecule has 0 bridgehead atoms. The van der Waals surface area contributed by atoms with E-state index < -0.39 is 0 Å². The summed E-state index contributed by atoms with van der Waals surface area (Å²) in [6.45, 7) is 2.24. The summed E-state index contributed by atoms with van der Waals surface area (Å²) in [6.07, 6.45) is 8.31. The summed E-state index contributed by atoms with van der Waals surface area (Å²) in [7, 11) is 0. The molecule has 0 aliphatic heterocycles. The number of hydrogen-bond acceptors (Lipinski definition) is 0. The lowest BCUT2D eigenvalue weighted by molar-refractivity contribution is 0.898. The molecule has 0 unspecified atom stereocenters. The lowest BCUT2D eigenvalue weighted by Gasteiger charge is -2.12. The van der Waals surface area contributed by atoms with E-state index in [0.717, 1.165) is 0 Å². The normalized spacial score (nSPS) is 16.1. The summed E-state index contributed by atoms with van der Waals surface area (Å²) >= 11 is 0. The summed E-state index contributed by atoms with van der Waals surface area (Å²) in [6, 6.07) is 10.6. The van der Waals surface area contributed by atoms with Gasteiger partial charge in [0.05, 0.1) is 0 Å². The highest BCUT2D eigenvalue weighted by Gasteiger charge is 2.04. The Hall–Kier alpha value is -1.30. The van der Waals surface area contributed by atoms with Crippen LogP contribution in [0.25, 0.3) is 5.57 Å². The first-order valence-electron chi connectivity index (χ1n) is 5.35. The van der Waals surface area contributed by atoms with Gasteiger partial charge in [0.25, 0.3) is 0 Å². The van der Waals surface area contributed by atoms with Crippen molar-refractivity contribution in [3.63, 3.8) is 0 Å². The number of benzene rings is 1. The fourth-order valence-corrected chi connectivity index (χ4v) is 1.87. The maximum absolute atomic E-state index is 2.35. The molecule has 1 aliphatic rings. The first-order valence-corrected chi connectivity index (χ1v) is 5.35. The molecule has 72 valence electrons. The molecule has 0 amide bonds. The molecule has 0 spiro atoms. The van der Waals surface area contributed by atoms with Crippen molar-refractivity contribution in [3.8, 4) is 0 Å². The molecule has 0 N–H and O–H groups in total. The molecule has 0 fully saturated rings. The fourth-order valence-electron chi connectivity index (χ4n) is 1.87. The van der Waals surface area contributed by atoms with Crippen LogP contribution in [0, 0.1) is 0 Å². The third kappa shape index (κ3) is 1.95. The van der Waals surface area contributed by atoms with E-state index in [-0.39, 0.29) is 0 Å². The average Bonchev–Trinajstić information content (AvgIpc) is 2.30.